The Morgan fingerprint density at radius 1 is 1.32 bits per heavy atom. The molecule has 3 N–H and O–H groups in total. The van der Waals surface area contributed by atoms with E-state index in [-0.39, 0.29) is 18.2 Å². The molecule has 5 nitrogen and oxygen atoms in total. The van der Waals surface area contributed by atoms with E-state index in [4.69, 9.17) is 16.7 Å². The van der Waals surface area contributed by atoms with E-state index >= 15 is 0 Å². The van der Waals surface area contributed by atoms with Crippen molar-refractivity contribution >= 4 is 17.3 Å². The molecule has 9 heteroatoms. The van der Waals surface area contributed by atoms with Crippen LogP contribution in [0.1, 0.15) is 5.69 Å². The Hall–Kier alpha value is -1.77. The minimum atomic E-state index is -4.51. The number of nitrogens with zero attached hydrogens (tertiary/aromatic N) is 2. The molecular formula is C13H13ClF3N3O2. The van der Waals surface area contributed by atoms with E-state index in [9.17, 15) is 18.3 Å². The summed E-state index contributed by atoms with van der Waals surface area (Å²) in [4.78, 5) is 0. The molecule has 2 aromatic rings. The van der Waals surface area contributed by atoms with Crippen molar-refractivity contribution in [1.29, 1.82) is 0 Å². The summed E-state index contributed by atoms with van der Waals surface area (Å²) in [6, 6.07) is 5.44. The quantitative estimate of drug-likeness (QED) is 0.784. The van der Waals surface area contributed by atoms with E-state index < -0.39 is 18.0 Å². The van der Waals surface area contributed by atoms with Gasteiger partial charge in [-0.15, -0.1) is 0 Å². The lowest BCUT2D eigenvalue weighted by atomic mass is 10.2. The van der Waals surface area contributed by atoms with Crippen molar-refractivity contribution in [1.82, 2.24) is 9.78 Å². The van der Waals surface area contributed by atoms with Gasteiger partial charge in [0.05, 0.1) is 23.4 Å². The smallest absolute Gasteiger partial charge is 0.394 e. The van der Waals surface area contributed by atoms with Gasteiger partial charge in [0.15, 0.2) is 5.69 Å². The highest BCUT2D eigenvalue weighted by atomic mass is 35.5. The zero-order valence-electron chi connectivity index (χ0n) is 11.2. The highest BCUT2D eigenvalue weighted by Gasteiger charge is 2.33. The van der Waals surface area contributed by atoms with Gasteiger partial charge >= 0.3 is 6.18 Å². The summed E-state index contributed by atoms with van der Waals surface area (Å²) in [6.07, 6.45) is -4.26. The number of hydrogen-bond donors (Lipinski definition) is 3. The standard InChI is InChI=1S/C13H13ClF3N3O2/c14-10-5-8(18-6-9(22)7-21)1-2-11(10)20-4-3-12(19-20)13(15,16)17/h1-5,9,18,21-22H,6-7H2. The molecular weight excluding hydrogens is 323 g/mol. The van der Waals surface area contributed by atoms with Gasteiger partial charge in [-0.1, -0.05) is 11.6 Å². The summed E-state index contributed by atoms with van der Waals surface area (Å²) < 4.78 is 38.6. The fourth-order valence-electron chi connectivity index (χ4n) is 1.71. The molecule has 1 aromatic carbocycles. The molecule has 22 heavy (non-hydrogen) atoms. The van der Waals surface area contributed by atoms with Gasteiger partial charge in [-0.3, -0.25) is 0 Å². The van der Waals surface area contributed by atoms with Crippen molar-refractivity contribution < 1.29 is 23.4 Å². The molecule has 0 saturated heterocycles. The lowest BCUT2D eigenvalue weighted by Gasteiger charge is -2.12. The van der Waals surface area contributed by atoms with Gasteiger partial charge in [0.2, 0.25) is 0 Å². The first-order valence-electron chi connectivity index (χ1n) is 6.27. The molecule has 0 radical (unpaired) electrons. The fourth-order valence-corrected chi connectivity index (χ4v) is 1.98. The van der Waals surface area contributed by atoms with Crippen LogP contribution in [0.25, 0.3) is 5.69 Å². The van der Waals surface area contributed by atoms with Crippen LogP contribution >= 0.6 is 11.6 Å². The summed E-state index contributed by atoms with van der Waals surface area (Å²) >= 11 is 6.04. The normalized spacial score (nSPS) is 13.2. The Morgan fingerprint density at radius 3 is 2.59 bits per heavy atom. The number of anilines is 1. The summed E-state index contributed by atoms with van der Waals surface area (Å²) in [7, 11) is 0. The number of halogens is 4. The molecule has 0 aliphatic rings. The van der Waals surface area contributed by atoms with Gasteiger partial charge < -0.3 is 15.5 Å². The molecule has 0 aliphatic heterocycles. The van der Waals surface area contributed by atoms with E-state index in [0.717, 1.165) is 10.7 Å². The molecule has 0 fully saturated rings. The maximum Gasteiger partial charge on any atom is 0.435 e. The molecule has 120 valence electrons. The third-order valence-corrected chi connectivity index (χ3v) is 3.13. The Labute approximate surface area is 128 Å². The van der Waals surface area contributed by atoms with Crippen molar-refractivity contribution in [2.45, 2.75) is 12.3 Å². The Kier molecular flexibility index (Phi) is 4.94. The SMILES string of the molecule is OCC(O)CNc1ccc(-n2ccc(C(F)(F)F)n2)c(Cl)c1. The Balaban J connectivity index is 2.17. The number of hydrogen-bond acceptors (Lipinski definition) is 4. The zero-order chi connectivity index (χ0) is 16.3. The second kappa shape index (κ2) is 6.55. The average molecular weight is 336 g/mol. The van der Waals surface area contributed by atoms with Crippen LogP contribution in [-0.2, 0) is 6.18 Å². The van der Waals surface area contributed by atoms with E-state index in [1.165, 1.54) is 18.3 Å². The minimum absolute atomic E-state index is 0.117. The maximum absolute atomic E-state index is 12.5. The van der Waals surface area contributed by atoms with Crippen LogP contribution in [0.3, 0.4) is 0 Å². The number of alkyl halides is 3. The fraction of sp³-hybridized carbons (Fsp3) is 0.308. The average Bonchev–Trinajstić information content (AvgIpc) is 2.94. The van der Waals surface area contributed by atoms with Crippen LogP contribution in [0.4, 0.5) is 18.9 Å². The number of aliphatic hydroxyl groups is 2. The first kappa shape index (κ1) is 16.6. The summed E-state index contributed by atoms with van der Waals surface area (Å²) in [5, 5.41) is 24.4. The van der Waals surface area contributed by atoms with Crippen molar-refractivity contribution in [2.24, 2.45) is 0 Å². The largest absolute Gasteiger partial charge is 0.435 e. The summed E-state index contributed by atoms with van der Waals surface area (Å²) in [5.74, 6) is 0. The maximum atomic E-state index is 12.5. The van der Waals surface area contributed by atoms with E-state index in [1.54, 1.807) is 6.07 Å². The van der Waals surface area contributed by atoms with Crippen molar-refractivity contribution in [2.75, 3.05) is 18.5 Å². The number of nitrogens with one attached hydrogen (secondary N) is 1. The topological polar surface area (TPSA) is 70.3 Å². The number of rotatable bonds is 5. The van der Waals surface area contributed by atoms with Gasteiger partial charge in [-0.2, -0.15) is 18.3 Å². The second-order valence-electron chi connectivity index (χ2n) is 4.53. The van der Waals surface area contributed by atoms with Crippen molar-refractivity contribution in [3.8, 4) is 5.69 Å². The van der Waals surface area contributed by atoms with Crippen LogP contribution in [0.2, 0.25) is 5.02 Å². The predicted molar refractivity (Wildman–Crippen MR) is 75.2 cm³/mol. The van der Waals surface area contributed by atoms with E-state index in [1.807, 2.05) is 0 Å². The molecule has 0 amide bonds. The number of aromatic nitrogens is 2. The van der Waals surface area contributed by atoms with Crippen LogP contribution in [0.15, 0.2) is 30.5 Å². The van der Waals surface area contributed by atoms with Gasteiger partial charge in [0, 0.05) is 18.4 Å². The Morgan fingerprint density at radius 2 is 2.05 bits per heavy atom. The van der Waals surface area contributed by atoms with Crippen LogP contribution in [0, 0.1) is 0 Å². The molecule has 0 saturated carbocycles. The van der Waals surface area contributed by atoms with Crippen molar-refractivity contribution in [3.63, 3.8) is 0 Å². The first-order chi connectivity index (χ1) is 10.3. The van der Waals surface area contributed by atoms with Gasteiger partial charge in [-0.25, -0.2) is 4.68 Å². The number of benzene rings is 1. The third-order valence-electron chi connectivity index (χ3n) is 2.83. The Bertz CT molecular complexity index is 646. The zero-order valence-corrected chi connectivity index (χ0v) is 11.9. The van der Waals surface area contributed by atoms with Gasteiger partial charge in [0.1, 0.15) is 0 Å². The molecule has 1 aromatic heterocycles. The molecule has 1 heterocycles. The molecule has 0 spiro atoms. The lowest BCUT2D eigenvalue weighted by Crippen LogP contribution is -2.22. The van der Waals surface area contributed by atoms with Crippen LogP contribution in [0.5, 0.6) is 0 Å². The predicted octanol–water partition coefficient (Wildman–Crippen LogP) is 2.31. The van der Waals surface area contributed by atoms with Crippen LogP contribution in [-0.4, -0.2) is 39.2 Å². The molecule has 2 rings (SSSR count). The van der Waals surface area contributed by atoms with Crippen LogP contribution < -0.4 is 5.32 Å². The van der Waals surface area contributed by atoms with E-state index in [0.29, 0.717) is 11.4 Å². The molecule has 1 atom stereocenters. The number of aliphatic hydroxyl groups excluding tert-OH is 2. The first-order valence-corrected chi connectivity index (χ1v) is 6.64. The molecule has 1 unspecified atom stereocenters. The summed E-state index contributed by atoms with van der Waals surface area (Å²) in [6.45, 7) is -0.265. The van der Waals surface area contributed by atoms with Crippen molar-refractivity contribution in [3.05, 3.63) is 41.2 Å². The highest BCUT2D eigenvalue weighted by molar-refractivity contribution is 6.32. The summed E-state index contributed by atoms with van der Waals surface area (Å²) in [5.41, 5.74) is -0.147. The monoisotopic (exact) mass is 335 g/mol. The van der Waals surface area contributed by atoms with Gasteiger partial charge in [0.25, 0.3) is 0 Å². The molecule has 0 bridgehead atoms. The van der Waals surface area contributed by atoms with Gasteiger partial charge in [-0.05, 0) is 24.3 Å². The molecule has 0 aliphatic carbocycles. The second-order valence-corrected chi connectivity index (χ2v) is 4.93. The third kappa shape index (κ3) is 3.90. The van der Waals surface area contributed by atoms with E-state index in [2.05, 4.69) is 10.4 Å². The minimum Gasteiger partial charge on any atom is -0.394 e. The lowest BCUT2D eigenvalue weighted by molar-refractivity contribution is -0.141. The highest BCUT2D eigenvalue weighted by Crippen LogP contribution is 2.29.